The Kier molecular flexibility index (Phi) is 7.33. The SMILES string of the molecule is CCCC(CBr)(CCC)CN1CCC(C(F)(F)F)CC1. The molecule has 0 aliphatic carbocycles. The zero-order chi connectivity index (χ0) is 15.2. The van der Waals surface area contributed by atoms with Crippen LogP contribution in [0.15, 0.2) is 0 Å². The molecule has 0 atom stereocenters. The van der Waals surface area contributed by atoms with Crippen LogP contribution in [-0.2, 0) is 0 Å². The van der Waals surface area contributed by atoms with Gasteiger partial charge in [-0.15, -0.1) is 0 Å². The summed E-state index contributed by atoms with van der Waals surface area (Å²) >= 11 is 3.64. The van der Waals surface area contributed by atoms with Gasteiger partial charge in [0.25, 0.3) is 0 Å². The van der Waals surface area contributed by atoms with Gasteiger partial charge in [-0.3, -0.25) is 0 Å². The molecule has 120 valence electrons. The Morgan fingerprint density at radius 3 is 1.90 bits per heavy atom. The van der Waals surface area contributed by atoms with Gasteiger partial charge in [-0.05, 0) is 44.2 Å². The summed E-state index contributed by atoms with van der Waals surface area (Å²) in [7, 11) is 0. The van der Waals surface area contributed by atoms with Crippen LogP contribution in [0.1, 0.15) is 52.4 Å². The third-order valence-electron chi connectivity index (χ3n) is 4.45. The Morgan fingerprint density at radius 1 is 1.05 bits per heavy atom. The summed E-state index contributed by atoms with van der Waals surface area (Å²) in [4.78, 5) is 2.24. The predicted molar refractivity (Wildman–Crippen MR) is 81.3 cm³/mol. The Bertz CT molecular complexity index is 267. The van der Waals surface area contributed by atoms with Crippen LogP contribution in [0, 0.1) is 11.3 Å². The molecule has 1 heterocycles. The molecule has 1 saturated heterocycles. The molecule has 0 saturated carbocycles. The van der Waals surface area contributed by atoms with Crippen LogP contribution >= 0.6 is 15.9 Å². The molecule has 1 rings (SSSR count). The highest BCUT2D eigenvalue weighted by molar-refractivity contribution is 9.09. The normalized spacial score (nSPS) is 19.5. The van der Waals surface area contributed by atoms with Crippen molar-refractivity contribution in [1.29, 1.82) is 0 Å². The fraction of sp³-hybridized carbons (Fsp3) is 1.00. The molecule has 0 radical (unpaired) electrons. The zero-order valence-corrected chi connectivity index (χ0v) is 14.2. The molecule has 1 aliphatic heterocycles. The van der Waals surface area contributed by atoms with Gasteiger partial charge >= 0.3 is 6.18 Å². The van der Waals surface area contributed by atoms with E-state index in [0.717, 1.165) is 37.6 Å². The second kappa shape index (κ2) is 8.02. The number of nitrogens with zero attached hydrogens (tertiary/aromatic N) is 1. The van der Waals surface area contributed by atoms with E-state index in [2.05, 4.69) is 34.7 Å². The van der Waals surface area contributed by atoms with E-state index in [9.17, 15) is 13.2 Å². The molecule has 20 heavy (non-hydrogen) atoms. The van der Waals surface area contributed by atoms with E-state index in [1.54, 1.807) is 0 Å². The Balaban J connectivity index is 2.55. The molecule has 0 spiro atoms. The van der Waals surface area contributed by atoms with Crippen molar-refractivity contribution in [1.82, 2.24) is 4.90 Å². The van der Waals surface area contributed by atoms with Gasteiger partial charge in [-0.2, -0.15) is 13.2 Å². The van der Waals surface area contributed by atoms with E-state index < -0.39 is 12.1 Å². The number of hydrogen-bond donors (Lipinski definition) is 0. The van der Waals surface area contributed by atoms with Crippen molar-refractivity contribution in [3.63, 3.8) is 0 Å². The predicted octanol–water partition coefficient (Wildman–Crippen LogP) is 5.24. The van der Waals surface area contributed by atoms with E-state index in [1.807, 2.05) is 0 Å². The van der Waals surface area contributed by atoms with Gasteiger partial charge in [0.2, 0.25) is 0 Å². The minimum Gasteiger partial charge on any atom is -0.303 e. The van der Waals surface area contributed by atoms with E-state index in [-0.39, 0.29) is 18.3 Å². The van der Waals surface area contributed by atoms with Crippen molar-refractivity contribution in [2.75, 3.05) is 25.0 Å². The smallest absolute Gasteiger partial charge is 0.303 e. The molecule has 1 nitrogen and oxygen atoms in total. The largest absolute Gasteiger partial charge is 0.391 e. The summed E-state index contributed by atoms with van der Waals surface area (Å²) in [6.45, 7) is 6.48. The fourth-order valence-electron chi connectivity index (χ4n) is 3.41. The molecule has 0 aromatic rings. The maximum Gasteiger partial charge on any atom is 0.391 e. The van der Waals surface area contributed by atoms with Gasteiger partial charge in [-0.25, -0.2) is 0 Å². The average molecular weight is 358 g/mol. The van der Waals surface area contributed by atoms with Crippen LogP contribution in [-0.4, -0.2) is 36.0 Å². The lowest BCUT2D eigenvalue weighted by atomic mass is 9.80. The highest BCUT2D eigenvalue weighted by atomic mass is 79.9. The molecule has 0 amide bonds. The second-order valence-electron chi connectivity index (χ2n) is 6.23. The Labute approximate surface area is 129 Å². The van der Waals surface area contributed by atoms with Crippen molar-refractivity contribution >= 4 is 15.9 Å². The van der Waals surface area contributed by atoms with Crippen LogP contribution in [0.3, 0.4) is 0 Å². The van der Waals surface area contributed by atoms with E-state index in [4.69, 9.17) is 0 Å². The van der Waals surface area contributed by atoms with Crippen LogP contribution in [0.25, 0.3) is 0 Å². The zero-order valence-electron chi connectivity index (χ0n) is 12.6. The number of likely N-dealkylation sites (tertiary alicyclic amines) is 1. The van der Waals surface area contributed by atoms with Gasteiger partial charge in [0.1, 0.15) is 0 Å². The standard InChI is InChI=1S/C15H27BrF3N/c1-3-7-14(11-16,8-4-2)12-20-9-5-13(6-10-20)15(17,18)19/h13H,3-12H2,1-2H3. The third kappa shape index (κ3) is 5.21. The Hall–Kier alpha value is 0.230. The number of hydrogen-bond acceptors (Lipinski definition) is 1. The molecular formula is C15H27BrF3N. The minimum atomic E-state index is -4.01. The molecule has 0 N–H and O–H groups in total. The van der Waals surface area contributed by atoms with Crippen molar-refractivity contribution in [2.24, 2.45) is 11.3 Å². The van der Waals surface area contributed by atoms with Gasteiger partial charge in [0, 0.05) is 11.9 Å². The molecule has 0 aromatic heterocycles. The lowest BCUT2D eigenvalue weighted by Gasteiger charge is -2.40. The third-order valence-corrected chi connectivity index (χ3v) is 5.64. The highest BCUT2D eigenvalue weighted by Gasteiger charge is 2.42. The lowest BCUT2D eigenvalue weighted by molar-refractivity contribution is -0.185. The summed E-state index contributed by atoms with van der Waals surface area (Å²) < 4.78 is 38.1. The lowest BCUT2D eigenvalue weighted by Crippen LogP contribution is -2.45. The second-order valence-corrected chi connectivity index (χ2v) is 6.79. The maximum absolute atomic E-state index is 12.7. The number of halogens is 4. The fourth-order valence-corrected chi connectivity index (χ4v) is 4.15. The molecular weight excluding hydrogens is 331 g/mol. The van der Waals surface area contributed by atoms with Gasteiger partial charge in [-0.1, -0.05) is 42.6 Å². The van der Waals surface area contributed by atoms with Gasteiger partial charge < -0.3 is 4.90 Å². The maximum atomic E-state index is 12.7. The van der Waals surface area contributed by atoms with Crippen molar-refractivity contribution in [2.45, 2.75) is 58.5 Å². The van der Waals surface area contributed by atoms with Crippen LogP contribution < -0.4 is 0 Å². The first-order valence-electron chi connectivity index (χ1n) is 7.72. The summed E-state index contributed by atoms with van der Waals surface area (Å²) in [6, 6.07) is 0. The Morgan fingerprint density at radius 2 is 1.55 bits per heavy atom. The quantitative estimate of drug-likeness (QED) is 0.563. The van der Waals surface area contributed by atoms with E-state index >= 15 is 0 Å². The average Bonchev–Trinajstić information content (AvgIpc) is 2.39. The highest BCUT2D eigenvalue weighted by Crippen LogP contribution is 2.37. The van der Waals surface area contributed by atoms with Crippen LogP contribution in [0.5, 0.6) is 0 Å². The van der Waals surface area contributed by atoms with Gasteiger partial charge in [0.05, 0.1) is 5.92 Å². The molecule has 1 aliphatic rings. The summed E-state index contributed by atoms with van der Waals surface area (Å²) in [5.41, 5.74) is 0.231. The van der Waals surface area contributed by atoms with Crippen molar-refractivity contribution < 1.29 is 13.2 Å². The first-order chi connectivity index (χ1) is 9.37. The number of alkyl halides is 4. The minimum absolute atomic E-state index is 0.231. The summed E-state index contributed by atoms with van der Waals surface area (Å²) in [5, 5.41) is 0.945. The summed E-state index contributed by atoms with van der Waals surface area (Å²) in [5.74, 6) is -1.09. The van der Waals surface area contributed by atoms with Gasteiger partial charge in [0.15, 0.2) is 0 Å². The summed E-state index contributed by atoms with van der Waals surface area (Å²) in [6.07, 6.45) is 1.07. The first kappa shape index (κ1) is 18.3. The van der Waals surface area contributed by atoms with Crippen molar-refractivity contribution in [3.8, 4) is 0 Å². The number of piperidine rings is 1. The van der Waals surface area contributed by atoms with E-state index in [1.165, 1.54) is 0 Å². The van der Waals surface area contributed by atoms with Crippen LogP contribution in [0.2, 0.25) is 0 Å². The number of rotatable bonds is 7. The topological polar surface area (TPSA) is 3.24 Å². The molecule has 0 unspecified atom stereocenters. The van der Waals surface area contributed by atoms with E-state index in [0.29, 0.717) is 13.1 Å². The molecule has 1 fully saturated rings. The molecule has 5 heteroatoms. The molecule has 0 bridgehead atoms. The monoisotopic (exact) mass is 357 g/mol. The van der Waals surface area contributed by atoms with Crippen molar-refractivity contribution in [3.05, 3.63) is 0 Å². The first-order valence-corrected chi connectivity index (χ1v) is 8.84. The molecule has 0 aromatic carbocycles. The van der Waals surface area contributed by atoms with Crippen LogP contribution in [0.4, 0.5) is 13.2 Å².